The maximum atomic E-state index is 14.0. The minimum Gasteiger partial charge on any atom is -0.487 e. The van der Waals surface area contributed by atoms with E-state index in [0.29, 0.717) is 47.0 Å². The molecule has 42 heavy (non-hydrogen) atoms. The van der Waals surface area contributed by atoms with Crippen LogP contribution in [0.4, 0.5) is 0 Å². The summed E-state index contributed by atoms with van der Waals surface area (Å²) in [6.07, 6.45) is 1.71. The molecule has 0 N–H and O–H groups in total. The number of fused-ring (bicyclic) bond motifs is 1. The van der Waals surface area contributed by atoms with Gasteiger partial charge in [0.1, 0.15) is 12.4 Å². The number of aryl methyl sites for hydroxylation is 1. The fraction of sp³-hybridized carbons (Fsp3) is 0.188. The number of halogens is 2. The van der Waals surface area contributed by atoms with E-state index in [1.54, 1.807) is 48.8 Å². The SMILES string of the molecule is CCOC(=O)C1=C(C)N=c2s/c(=C\c3cc(Cl)cc(Br)c3OCc3ccccc3C#N)c(=O)n2[C@H]1c1ccc(C)cc1. The molecule has 1 atom stereocenters. The molecular weight excluding hydrogens is 638 g/mol. The van der Waals surface area contributed by atoms with Gasteiger partial charge in [-0.15, -0.1) is 0 Å². The van der Waals surface area contributed by atoms with E-state index in [-0.39, 0.29) is 18.8 Å². The number of nitrogens with zero attached hydrogens (tertiary/aromatic N) is 3. The fourth-order valence-corrected chi connectivity index (χ4v) is 6.73. The van der Waals surface area contributed by atoms with Gasteiger partial charge in [-0.25, -0.2) is 9.79 Å². The highest BCUT2D eigenvalue weighted by atomic mass is 79.9. The number of aromatic nitrogens is 1. The van der Waals surface area contributed by atoms with Gasteiger partial charge in [-0.05, 0) is 66.5 Å². The van der Waals surface area contributed by atoms with Crippen LogP contribution in [-0.2, 0) is 16.1 Å². The van der Waals surface area contributed by atoms with Gasteiger partial charge in [0.2, 0.25) is 0 Å². The van der Waals surface area contributed by atoms with Crippen LogP contribution in [0.25, 0.3) is 6.08 Å². The molecular formula is C32H25BrClN3O4S. The molecule has 1 aliphatic heterocycles. The summed E-state index contributed by atoms with van der Waals surface area (Å²) in [5, 5.41) is 9.92. The summed E-state index contributed by atoms with van der Waals surface area (Å²) in [5.74, 6) is -0.0397. The number of hydrogen-bond acceptors (Lipinski definition) is 7. The van der Waals surface area contributed by atoms with Crippen molar-refractivity contribution >= 4 is 50.9 Å². The zero-order valence-electron chi connectivity index (χ0n) is 23.0. The second-order valence-electron chi connectivity index (χ2n) is 9.58. The van der Waals surface area contributed by atoms with Gasteiger partial charge in [-0.3, -0.25) is 9.36 Å². The van der Waals surface area contributed by atoms with Gasteiger partial charge in [-0.2, -0.15) is 5.26 Å². The Labute approximate surface area is 259 Å². The highest BCUT2D eigenvalue weighted by molar-refractivity contribution is 9.10. The Hall–Kier alpha value is -3.97. The minimum absolute atomic E-state index is 0.140. The molecule has 10 heteroatoms. The maximum Gasteiger partial charge on any atom is 0.338 e. The number of nitriles is 1. The number of hydrogen-bond donors (Lipinski definition) is 0. The molecule has 0 unspecified atom stereocenters. The smallest absolute Gasteiger partial charge is 0.338 e. The lowest BCUT2D eigenvalue weighted by molar-refractivity contribution is -0.139. The number of ether oxygens (including phenoxy) is 2. The van der Waals surface area contributed by atoms with Crippen LogP contribution in [0.3, 0.4) is 0 Å². The van der Waals surface area contributed by atoms with E-state index in [9.17, 15) is 14.9 Å². The quantitative estimate of drug-likeness (QED) is 0.227. The zero-order chi connectivity index (χ0) is 30.0. The van der Waals surface area contributed by atoms with Crippen LogP contribution in [0, 0.1) is 18.3 Å². The predicted octanol–water partition coefficient (Wildman–Crippen LogP) is 5.97. The first-order valence-corrected chi connectivity index (χ1v) is 15.1. The van der Waals surface area contributed by atoms with Crippen LogP contribution >= 0.6 is 38.9 Å². The Morgan fingerprint density at radius 2 is 1.93 bits per heavy atom. The molecule has 5 rings (SSSR count). The lowest BCUT2D eigenvalue weighted by atomic mass is 9.95. The van der Waals surface area contributed by atoms with Crippen LogP contribution in [0.2, 0.25) is 5.02 Å². The van der Waals surface area contributed by atoms with E-state index in [1.165, 1.54) is 11.3 Å². The molecule has 7 nitrogen and oxygen atoms in total. The number of allylic oxidation sites excluding steroid dienone is 1. The van der Waals surface area contributed by atoms with Gasteiger partial charge in [0, 0.05) is 16.1 Å². The molecule has 0 saturated heterocycles. The highest BCUT2D eigenvalue weighted by Gasteiger charge is 2.33. The molecule has 0 bridgehead atoms. The van der Waals surface area contributed by atoms with Crippen molar-refractivity contribution in [2.75, 3.05) is 6.61 Å². The summed E-state index contributed by atoms with van der Waals surface area (Å²) in [7, 11) is 0. The zero-order valence-corrected chi connectivity index (χ0v) is 26.1. The van der Waals surface area contributed by atoms with E-state index in [2.05, 4.69) is 27.0 Å². The Kier molecular flexibility index (Phi) is 8.78. The first-order chi connectivity index (χ1) is 20.2. The lowest BCUT2D eigenvalue weighted by Crippen LogP contribution is -2.39. The first kappa shape index (κ1) is 29.5. The van der Waals surface area contributed by atoms with Gasteiger partial charge in [0.05, 0.1) is 44.6 Å². The second kappa shape index (κ2) is 12.5. The summed E-state index contributed by atoms with van der Waals surface area (Å²) >= 11 is 11.2. The molecule has 2 heterocycles. The average molecular weight is 663 g/mol. The van der Waals surface area contributed by atoms with Crippen molar-refractivity contribution < 1.29 is 14.3 Å². The van der Waals surface area contributed by atoms with Crippen LogP contribution in [0.15, 0.2) is 86.2 Å². The number of rotatable bonds is 7. The van der Waals surface area contributed by atoms with Crippen molar-refractivity contribution in [3.05, 3.63) is 129 Å². The van der Waals surface area contributed by atoms with Gasteiger partial charge >= 0.3 is 5.97 Å². The highest BCUT2D eigenvalue weighted by Crippen LogP contribution is 2.35. The Morgan fingerprint density at radius 3 is 2.64 bits per heavy atom. The molecule has 0 spiro atoms. The van der Waals surface area contributed by atoms with E-state index in [1.807, 2.05) is 43.3 Å². The minimum atomic E-state index is -0.702. The summed E-state index contributed by atoms with van der Waals surface area (Å²) in [6.45, 7) is 5.81. The van der Waals surface area contributed by atoms with E-state index in [4.69, 9.17) is 21.1 Å². The maximum absolute atomic E-state index is 14.0. The lowest BCUT2D eigenvalue weighted by Gasteiger charge is -2.24. The number of esters is 1. The molecule has 1 aromatic heterocycles. The van der Waals surface area contributed by atoms with Crippen molar-refractivity contribution in [2.24, 2.45) is 4.99 Å². The molecule has 0 saturated carbocycles. The summed E-state index contributed by atoms with van der Waals surface area (Å²) in [4.78, 5) is 32.3. The molecule has 0 amide bonds. The van der Waals surface area contributed by atoms with E-state index >= 15 is 0 Å². The summed E-state index contributed by atoms with van der Waals surface area (Å²) in [5.41, 5.74) is 4.16. The third-order valence-electron chi connectivity index (χ3n) is 6.74. The number of carbonyl (C=O) groups excluding carboxylic acids is 1. The number of benzene rings is 3. The topological polar surface area (TPSA) is 93.7 Å². The van der Waals surface area contributed by atoms with Crippen molar-refractivity contribution in [1.82, 2.24) is 4.57 Å². The normalized spacial score (nSPS) is 14.7. The van der Waals surface area contributed by atoms with Crippen LogP contribution < -0.4 is 19.6 Å². The monoisotopic (exact) mass is 661 g/mol. The van der Waals surface area contributed by atoms with Gasteiger partial charge in [0.15, 0.2) is 4.80 Å². The molecule has 0 radical (unpaired) electrons. The van der Waals surface area contributed by atoms with Crippen LogP contribution in [0.5, 0.6) is 5.75 Å². The average Bonchev–Trinajstić information content (AvgIpc) is 3.26. The largest absolute Gasteiger partial charge is 0.487 e. The standard InChI is InChI=1S/C32H25BrClN3O4S/c1-4-40-31(39)27-19(3)36-32-37(28(27)20-11-9-18(2)10-12-20)30(38)26(42-32)14-23-13-24(34)15-25(33)29(23)41-17-22-8-6-5-7-21(22)16-35/h5-15,28H,4,17H2,1-3H3/b26-14-/t28-/m0/s1. The molecule has 0 aliphatic carbocycles. The van der Waals surface area contributed by atoms with Crippen molar-refractivity contribution in [1.29, 1.82) is 5.26 Å². The predicted molar refractivity (Wildman–Crippen MR) is 166 cm³/mol. The van der Waals surface area contributed by atoms with E-state index < -0.39 is 12.0 Å². The number of thiazole rings is 1. The third kappa shape index (κ3) is 5.84. The summed E-state index contributed by atoms with van der Waals surface area (Å²) < 4.78 is 14.1. The van der Waals surface area contributed by atoms with Crippen LogP contribution in [0.1, 0.15) is 47.7 Å². The van der Waals surface area contributed by atoms with Crippen molar-refractivity contribution in [3.8, 4) is 11.8 Å². The third-order valence-corrected chi connectivity index (χ3v) is 8.53. The van der Waals surface area contributed by atoms with Crippen LogP contribution in [-0.4, -0.2) is 17.1 Å². The first-order valence-electron chi connectivity index (χ1n) is 13.1. The van der Waals surface area contributed by atoms with Gasteiger partial charge in [0.25, 0.3) is 5.56 Å². The van der Waals surface area contributed by atoms with Gasteiger partial charge < -0.3 is 9.47 Å². The molecule has 4 aromatic rings. The van der Waals surface area contributed by atoms with Crippen molar-refractivity contribution in [2.45, 2.75) is 33.4 Å². The number of carbonyl (C=O) groups is 1. The Balaban J connectivity index is 1.65. The second-order valence-corrected chi connectivity index (χ2v) is 11.9. The molecule has 0 fully saturated rings. The fourth-order valence-electron chi connectivity index (χ4n) is 4.74. The summed E-state index contributed by atoms with van der Waals surface area (Å²) in [6, 6.07) is 19.8. The van der Waals surface area contributed by atoms with E-state index in [0.717, 1.165) is 16.7 Å². The molecule has 212 valence electrons. The Morgan fingerprint density at radius 1 is 1.19 bits per heavy atom. The Bertz CT molecular complexity index is 1960. The van der Waals surface area contributed by atoms with Gasteiger partial charge in [-0.1, -0.05) is 71.0 Å². The molecule has 1 aliphatic rings. The molecule has 3 aromatic carbocycles. The van der Waals surface area contributed by atoms with Crippen molar-refractivity contribution in [3.63, 3.8) is 0 Å².